The molecule has 0 atom stereocenters. The SMILES string of the molecule is COc1ccc(-n2c(C)cc(/C=C3/C(=O)NC(=O)N(Cc4ccco4)C3=O)c2C)cc1. The van der Waals surface area contributed by atoms with Gasteiger partial charge >= 0.3 is 6.03 Å². The Morgan fingerprint density at radius 3 is 2.48 bits per heavy atom. The fraction of sp³-hybridized carbons (Fsp3) is 0.174. The van der Waals surface area contributed by atoms with Crippen molar-refractivity contribution in [2.24, 2.45) is 0 Å². The van der Waals surface area contributed by atoms with E-state index >= 15 is 0 Å². The van der Waals surface area contributed by atoms with Gasteiger partial charge in [-0.25, -0.2) is 4.79 Å². The van der Waals surface area contributed by atoms with Crippen LogP contribution in [-0.4, -0.2) is 34.4 Å². The number of rotatable bonds is 5. The Balaban J connectivity index is 1.69. The van der Waals surface area contributed by atoms with E-state index in [1.807, 2.05) is 48.7 Å². The van der Waals surface area contributed by atoms with Crippen molar-refractivity contribution < 1.29 is 23.5 Å². The first-order valence-corrected chi connectivity index (χ1v) is 9.63. The molecule has 1 N–H and O–H groups in total. The number of carbonyl (C=O) groups excluding carboxylic acids is 3. The van der Waals surface area contributed by atoms with Crippen molar-refractivity contribution in [2.45, 2.75) is 20.4 Å². The monoisotopic (exact) mass is 419 g/mol. The van der Waals surface area contributed by atoms with Gasteiger partial charge < -0.3 is 13.7 Å². The zero-order valence-corrected chi connectivity index (χ0v) is 17.3. The molecule has 1 aliphatic heterocycles. The van der Waals surface area contributed by atoms with Crippen LogP contribution in [0.5, 0.6) is 5.75 Å². The summed E-state index contributed by atoms with van der Waals surface area (Å²) in [6.45, 7) is 3.78. The number of nitrogens with one attached hydrogen (secondary N) is 1. The number of methoxy groups -OCH3 is 1. The minimum Gasteiger partial charge on any atom is -0.497 e. The molecule has 3 aromatic rings. The van der Waals surface area contributed by atoms with E-state index in [2.05, 4.69) is 5.32 Å². The van der Waals surface area contributed by atoms with Crippen LogP contribution in [0.3, 0.4) is 0 Å². The fourth-order valence-corrected chi connectivity index (χ4v) is 3.61. The van der Waals surface area contributed by atoms with Gasteiger partial charge in [-0.2, -0.15) is 0 Å². The molecular formula is C23H21N3O5. The van der Waals surface area contributed by atoms with E-state index in [1.54, 1.807) is 19.2 Å². The Morgan fingerprint density at radius 2 is 1.84 bits per heavy atom. The summed E-state index contributed by atoms with van der Waals surface area (Å²) in [7, 11) is 1.61. The van der Waals surface area contributed by atoms with Crippen molar-refractivity contribution in [2.75, 3.05) is 7.11 Å². The number of furan rings is 1. The van der Waals surface area contributed by atoms with Gasteiger partial charge in [-0.3, -0.25) is 19.8 Å². The number of nitrogens with zero attached hydrogens (tertiary/aromatic N) is 2. The second-order valence-electron chi connectivity index (χ2n) is 7.15. The van der Waals surface area contributed by atoms with Gasteiger partial charge in [0.2, 0.25) is 0 Å². The molecule has 0 unspecified atom stereocenters. The maximum atomic E-state index is 12.9. The second-order valence-corrected chi connectivity index (χ2v) is 7.15. The lowest BCUT2D eigenvalue weighted by Crippen LogP contribution is -2.53. The number of hydrogen-bond acceptors (Lipinski definition) is 5. The summed E-state index contributed by atoms with van der Waals surface area (Å²) >= 11 is 0. The number of urea groups is 1. The fourth-order valence-electron chi connectivity index (χ4n) is 3.61. The molecule has 8 heteroatoms. The van der Waals surface area contributed by atoms with Gasteiger partial charge in [0.1, 0.15) is 17.1 Å². The molecule has 1 aromatic carbocycles. The number of carbonyl (C=O) groups is 3. The smallest absolute Gasteiger partial charge is 0.331 e. The van der Waals surface area contributed by atoms with Gasteiger partial charge in [-0.1, -0.05) is 0 Å². The molecule has 0 aliphatic carbocycles. The maximum Gasteiger partial charge on any atom is 0.331 e. The Labute approximate surface area is 178 Å². The van der Waals surface area contributed by atoms with E-state index in [9.17, 15) is 14.4 Å². The van der Waals surface area contributed by atoms with Gasteiger partial charge in [-0.15, -0.1) is 0 Å². The van der Waals surface area contributed by atoms with Gasteiger partial charge in [0.15, 0.2) is 0 Å². The summed E-state index contributed by atoms with van der Waals surface area (Å²) in [6.07, 6.45) is 2.97. The largest absolute Gasteiger partial charge is 0.497 e. The van der Waals surface area contributed by atoms with Crippen molar-refractivity contribution >= 4 is 23.9 Å². The first-order chi connectivity index (χ1) is 14.9. The lowest BCUT2D eigenvalue weighted by molar-refractivity contribution is -0.130. The molecule has 0 spiro atoms. The van der Waals surface area contributed by atoms with Crippen LogP contribution in [-0.2, 0) is 16.1 Å². The zero-order valence-electron chi connectivity index (χ0n) is 17.3. The molecule has 3 heterocycles. The number of aryl methyl sites for hydroxylation is 1. The quantitative estimate of drug-likeness (QED) is 0.506. The number of hydrogen-bond donors (Lipinski definition) is 1. The zero-order chi connectivity index (χ0) is 22.1. The lowest BCUT2D eigenvalue weighted by atomic mass is 10.1. The number of aromatic nitrogens is 1. The molecule has 0 bridgehead atoms. The normalized spacial score (nSPS) is 15.5. The molecule has 8 nitrogen and oxygen atoms in total. The van der Waals surface area contributed by atoms with Gasteiger partial charge in [-0.05, 0) is 68.0 Å². The highest BCUT2D eigenvalue weighted by Crippen LogP contribution is 2.25. The molecule has 4 rings (SSSR count). The Bertz CT molecular complexity index is 1190. The highest BCUT2D eigenvalue weighted by atomic mass is 16.5. The van der Waals surface area contributed by atoms with Crippen molar-refractivity contribution in [3.63, 3.8) is 0 Å². The van der Waals surface area contributed by atoms with Crippen molar-refractivity contribution in [1.29, 1.82) is 0 Å². The standard InChI is InChI=1S/C23H21N3O5/c1-14-11-16(15(2)26(14)17-6-8-18(30-3)9-7-17)12-20-21(27)24-23(29)25(22(20)28)13-19-5-4-10-31-19/h4-12H,13H2,1-3H3,(H,24,27,29)/b20-12-. The molecular weight excluding hydrogens is 398 g/mol. The molecule has 1 aliphatic rings. The summed E-state index contributed by atoms with van der Waals surface area (Å²) in [5.74, 6) is -0.200. The summed E-state index contributed by atoms with van der Waals surface area (Å²) in [6, 6.07) is 12.0. The number of imide groups is 2. The number of amides is 4. The van der Waals surface area contributed by atoms with Gasteiger partial charge in [0.05, 0.1) is 19.9 Å². The predicted molar refractivity (Wildman–Crippen MR) is 113 cm³/mol. The van der Waals surface area contributed by atoms with Gasteiger partial charge in [0, 0.05) is 17.1 Å². The van der Waals surface area contributed by atoms with Crippen LogP contribution in [0, 0.1) is 13.8 Å². The lowest BCUT2D eigenvalue weighted by Gasteiger charge is -2.25. The molecule has 1 fully saturated rings. The van der Waals surface area contributed by atoms with Gasteiger partial charge in [0.25, 0.3) is 11.8 Å². The van der Waals surface area contributed by atoms with E-state index in [1.165, 1.54) is 12.3 Å². The third-order valence-corrected chi connectivity index (χ3v) is 5.18. The molecule has 2 aromatic heterocycles. The molecule has 31 heavy (non-hydrogen) atoms. The predicted octanol–water partition coefficient (Wildman–Crippen LogP) is 3.36. The summed E-state index contributed by atoms with van der Waals surface area (Å²) in [4.78, 5) is 38.5. The number of ether oxygens (including phenoxy) is 1. The van der Waals surface area contributed by atoms with E-state index in [4.69, 9.17) is 9.15 Å². The minimum absolute atomic E-state index is 0.0623. The van der Waals surface area contributed by atoms with Crippen LogP contribution in [0.25, 0.3) is 11.8 Å². The Morgan fingerprint density at radius 1 is 1.10 bits per heavy atom. The molecule has 4 amide bonds. The molecule has 158 valence electrons. The topological polar surface area (TPSA) is 93.8 Å². The summed E-state index contributed by atoms with van der Waals surface area (Å²) in [5.41, 5.74) is 3.31. The van der Waals surface area contributed by atoms with Crippen LogP contribution < -0.4 is 10.1 Å². The number of barbiturate groups is 1. The van der Waals surface area contributed by atoms with E-state index in [0.29, 0.717) is 11.3 Å². The van der Waals surface area contributed by atoms with E-state index < -0.39 is 17.8 Å². The first kappa shape index (κ1) is 20.2. The average molecular weight is 419 g/mol. The van der Waals surface area contributed by atoms with Crippen LogP contribution in [0.1, 0.15) is 22.7 Å². The number of benzene rings is 1. The van der Waals surface area contributed by atoms with Crippen molar-refractivity contribution in [3.8, 4) is 11.4 Å². The Kier molecular flexibility index (Phi) is 5.21. The molecule has 0 saturated carbocycles. The summed E-state index contributed by atoms with van der Waals surface area (Å²) in [5, 5.41) is 2.22. The maximum absolute atomic E-state index is 12.9. The average Bonchev–Trinajstić information content (AvgIpc) is 3.36. The third kappa shape index (κ3) is 3.75. The minimum atomic E-state index is -0.771. The third-order valence-electron chi connectivity index (χ3n) is 5.18. The highest BCUT2D eigenvalue weighted by Gasteiger charge is 2.36. The van der Waals surface area contributed by atoms with Crippen molar-refractivity contribution in [3.05, 3.63) is 77.0 Å². The van der Waals surface area contributed by atoms with E-state index in [0.717, 1.165) is 27.7 Å². The first-order valence-electron chi connectivity index (χ1n) is 9.63. The highest BCUT2D eigenvalue weighted by molar-refractivity contribution is 6.31. The van der Waals surface area contributed by atoms with Crippen LogP contribution in [0.15, 0.2) is 58.7 Å². The molecule has 0 radical (unpaired) electrons. The van der Waals surface area contributed by atoms with Crippen LogP contribution >= 0.6 is 0 Å². The van der Waals surface area contributed by atoms with Crippen LogP contribution in [0.2, 0.25) is 0 Å². The molecule has 1 saturated heterocycles. The van der Waals surface area contributed by atoms with Crippen LogP contribution in [0.4, 0.5) is 4.79 Å². The second kappa shape index (κ2) is 7.98. The summed E-state index contributed by atoms with van der Waals surface area (Å²) < 4.78 is 12.5. The van der Waals surface area contributed by atoms with Crippen molar-refractivity contribution in [1.82, 2.24) is 14.8 Å². The Hall–Kier alpha value is -4.07. The van der Waals surface area contributed by atoms with E-state index in [-0.39, 0.29) is 12.1 Å².